The molecule has 1 saturated heterocycles. The van der Waals surface area contributed by atoms with E-state index in [0.29, 0.717) is 37.7 Å². The molecule has 2 heterocycles. The molecule has 2 aromatic rings. The number of ether oxygens (including phenoxy) is 1. The van der Waals surface area contributed by atoms with Gasteiger partial charge in [0, 0.05) is 71.9 Å². The smallest absolute Gasteiger partial charge is 0.481 e. The molecule has 1 aliphatic rings. The maximum Gasteiger partial charge on any atom is 0.524 e. The molecule has 25 heteroatoms. The van der Waals surface area contributed by atoms with Gasteiger partial charge in [0.25, 0.3) is 5.91 Å². The molecule has 7 N–H and O–H groups in total. The van der Waals surface area contributed by atoms with Crippen LogP contribution in [0, 0.1) is 17.8 Å². The molecule has 0 radical (unpaired) electrons. The summed E-state index contributed by atoms with van der Waals surface area (Å²) in [6, 6.07) is 1.67. The van der Waals surface area contributed by atoms with Gasteiger partial charge in [-0.15, -0.1) is 23.1 Å². The Hall–Kier alpha value is -3.91. The van der Waals surface area contributed by atoms with Crippen LogP contribution in [0.2, 0.25) is 0 Å². The minimum absolute atomic E-state index is 0.00218. The summed E-state index contributed by atoms with van der Waals surface area (Å²) < 4.78 is 24.2. The van der Waals surface area contributed by atoms with Gasteiger partial charge in [0.15, 0.2) is 11.9 Å². The Kier molecular flexibility index (Phi) is 26.8. The Bertz CT molecular complexity index is 2380. The first-order valence-corrected chi connectivity index (χ1v) is 30.7. The number of esters is 1. The van der Waals surface area contributed by atoms with Gasteiger partial charge in [0.2, 0.25) is 23.6 Å². The molecule has 21 nitrogen and oxygen atoms in total. The number of thiazole rings is 1. The monoisotopic (exact) mass is 1250 g/mol. The number of hydrogen-bond donors (Lipinski definition) is 7. The van der Waals surface area contributed by atoms with Crippen LogP contribution in [0.15, 0.2) is 23.6 Å². The number of phosphoric acid groups is 1. The molecule has 1 aliphatic heterocycles. The average molecular weight is 1250 g/mol. The molecule has 0 saturated carbocycles. The number of carboxylic acids is 1. The molecule has 0 spiro atoms. The fraction of sp³-hybridized carbons (Fsp3) is 0.692. The summed E-state index contributed by atoms with van der Waals surface area (Å²) in [4.78, 5) is 121. The van der Waals surface area contributed by atoms with E-state index in [2.05, 4.69) is 49.1 Å². The van der Waals surface area contributed by atoms with Gasteiger partial charge in [-0.3, -0.25) is 48.2 Å². The van der Waals surface area contributed by atoms with Crippen molar-refractivity contribution in [2.24, 2.45) is 17.8 Å². The summed E-state index contributed by atoms with van der Waals surface area (Å²) in [5.41, 5.74) is -0.174. The second-order valence-electron chi connectivity index (χ2n) is 21.2. The number of anilines is 1. The third kappa shape index (κ3) is 21.3. The Balaban J connectivity index is 1.85. The lowest BCUT2D eigenvalue weighted by Gasteiger charge is -2.38. The number of carboxylic acid groups (broad SMARTS) is 1. The van der Waals surface area contributed by atoms with Gasteiger partial charge < -0.3 is 40.5 Å². The van der Waals surface area contributed by atoms with Crippen LogP contribution < -0.4 is 25.8 Å². The van der Waals surface area contributed by atoms with Crippen molar-refractivity contribution in [3.63, 3.8) is 0 Å². The Morgan fingerprint density at radius 1 is 1.00 bits per heavy atom. The Morgan fingerprint density at radius 3 is 2.22 bits per heavy atom. The number of aliphatic carboxylic acids is 1. The van der Waals surface area contributed by atoms with Crippen LogP contribution in [0.1, 0.15) is 161 Å². The molecular weight excluding hydrogens is 1170 g/mol. The van der Waals surface area contributed by atoms with Gasteiger partial charge in [-0.2, -0.15) is 0 Å². The summed E-state index contributed by atoms with van der Waals surface area (Å²) in [6.07, 6.45) is 4.04. The van der Waals surface area contributed by atoms with Gasteiger partial charge in [-0.05, 0) is 95.1 Å². The molecule has 1 aromatic carbocycles. The number of nitrogens with one attached hydrogen (secondary N) is 4. The number of aromatic nitrogens is 1. The number of benzene rings is 1. The van der Waals surface area contributed by atoms with Gasteiger partial charge in [-0.25, -0.2) is 12.7 Å². The summed E-state index contributed by atoms with van der Waals surface area (Å²) in [7, 11) is 0.370. The van der Waals surface area contributed by atoms with Crippen LogP contribution >= 0.6 is 53.8 Å². The molecule has 5 amide bonds. The number of halogens is 1. The van der Waals surface area contributed by atoms with E-state index < -0.39 is 72.1 Å². The zero-order chi connectivity index (χ0) is 58.2. The standard InChI is InChI=1S/C52H84IN8O13PS2/c1-14-32(6)45(57-47(66)39-19-17-18-24-59(39)11)49(67)60(12)40(31(4)5)28-42(73-34(8)62)48-56-38(29-76-48)46(65)54-36(25-33(7)50(68)69)26-35-20-21-41(74-75(70,71)72)37(27-35)55-43(63)22-23-51(9,10)77-30-44(64)58-52(15-2,16-3)61(13)53/h20-21,27,29,31-33,36,39-40,42,45H,14-19,22-26,28,30H2,1-13H3,(H,54,65)(H,55,63)(H,57,66)(H,58,64)(H,68,69)(H2,70,71,72)/t32-,33?,36+,39+,40+,42+,45-/m0/s1. The highest BCUT2D eigenvalue weighted by molar-refractivity contribution is 14.1. The van der Waals surface area contributed by atoms with Crippen molar-refractivity contribution in [1.82, 2.24) is 33.8 Å². The zero-order valence-electron chi connectivity index (χ0n) is 47.0. The number of nitrogens with zero attached hydrogens (tertiary/aromatic N) is 4. The minimum Gasteiger partial charge on any atom is -0.481 e. The van der Waals surface area contributed by atoms with E-state index in [-0.39, 0.29) is 89.2 Å². The fourth-order valence-electron chi connectivity index (χ4n) is 9.23. The summed E-state index contributed by atoms with van der Waals surface area (Å²) in [5, 5.41) is 23.5. The summed E-state index contributed by atoms with van der Waals surface area (Å²) >= 11 is 4.62. The topological polar surface area (TPSA) is 286 Å². The van der Waals surface area contributed by atoms with E-state index in [4.69, 9.17) is 9.26 Å². The number of rotatable bonds is 31. The van der Waals surface area contributed by atoms with Crippen molar-refractivity contribution < 1.29 is 62.3 Å². The maximum atomic E-state index is 14.4. The number of phosphoric ester groups is 1. The second-order valence-corrected chi connectivity index (χ2v) is 26.3. The largest absolute Gasteiger partial charge is 0.524 e. The third-order valence-corrected chi connectivity index (χ3v) is 18.0. The first-order chi connectivity index (χ1) is 35.9. The molecule has 3 rings (SSSR count). The molecule has 1 unspecified atom stereocenters. The summed E-state index contributed by atoms with van der Waals surface area (Å²) in [6.45, 7) is 19.1. The average Bonchev–Trinajstić information content (AvgIpc) is 3.85. The van der Waals surface area contributed by atoms with Crippen molar-refractivity contribution >= 4 is 101 Å². The number of carbonyl (C=O) groups is 7. The van der Waals surface area contributed by atoms with Crippen molar-refractivity contribution in [3.05, 3.63) is 39.8 Å². The highest BCUT2D eigenvalue weighted by atomic mass is 127. The van der Waals surface area contributed by atoms with Crippen LogP contribution in [0.25, 0.3) is 0 Å². The van der Waals surface area contributed by atoms with Gasteiger partial charge in [-0.1, -0.05) is 81.2 Å². The van der Waals surface area contributed by atoms with E-state index in [1.54, 1.807) is 11.9 Å². The number of carbonyl (C=O) groups excluding carboxylic acids is 6. The normalized spacial score (nSPS) is 16.8. The van der Waals surface area contributed by atoms with Crippen LogP contribution in [0.4, 0.5) is 5.69 Å². The molecule has 0 bridgehead atoms. The lowest BCUT2D eigenvalue weighted by Crippen LogP contribution is -2.58. The number of piperidine rings is 1. The van der Waals surface area contributed by atoms with Crippen molar-refractivity contribution in [3.8, 4) is 5.75 Å². The second kappa shape index (κ2) is 30.6. The maximum absolute atomic E-state index is 14.4. The third-order valence-electron chi connectivity index (χ3n) is 14.4. The Labute approximate surface area is 477 Å². The van der Waals surface area contributed by atoms with Crippen LogP contribution in [-0.4, -0.2) is 142 Å². The molecule has 77 heavy (non-hydrogen) atoms. The highest BCUT2D eigenvalue weighted by Crippen LogP contribution is 2.42. The van der Waals surface area contributed by atoms with E-state index in [0.717, 1.165) is 30.7 Å². The highest BCUT2D eigenvalue weighted by Gasteiger charge is 2.38. The minimum atomic E-state index is -5.11. The summed E-state index contributed by atoms with van der Waals surface area (Å²) in [5.74, 6) is -4.97. The quantitative estimate of drug-likeness (QED) is 0.0125. The van der Waals surface area contributed by atoms with Crippen LogP contribution in [-0.2, 0) is 44.5 Å². The first kappa shape index (κ1) is 67.4. The van der Waals surface area contributed by atoms with Gasteiger partial charge >= 0.3 is 19.8 Å². The first-order valence-electron chi connectivity index (χ1n) is 26.3. The lowest BCUT2D eigenvalue weighted by molar-refractivity contribution is -0.149. The Morgan fingerprint density at radius 2 is 1.66 bits per heavy atom. The van der Waals surface area contributed by atoms with Crippen molar-refractivity contribution in [1.29, 1.82) is 0 Å². The number of likely N-dealkylation sites (tertiary alicyclic amines) is 1. The number of thioether (sulfide) groups is 1. The van der Waals surface area contributed by atoms with E-state index in [1.807, 2.05) is 77.5 Å². The SMILES string of the molecule is CC[C@H](C)[C@H](NC(=O)[C@H]1CCCCN1C)C(=O)N(C)[C@H](C[C@@H](OC(C)=O)c1nc(C(=O)N[C@@H](Cc2ccc(OP(=O)(O)O)c(NC(=O)CCC(C)(C)SCC(=O)NC(CC)(CC)N(C)I)c2)CC(C)C(=O)O)cs1)C(C)C. The van der Waals surface area contributed by atoms with Crippen LogP contribution in [0.5, 0.6) is 5.75 Å². The van der Waals surface area contributed by atoms with Gasteiger partial charge in [0.05, 0.1) is 23.4 Å². The molecule has 7 atom stereocenters. The van der Waals surface area contributed by atoms with Crippen molar-refractivity contribution in [2.75, 3.05) is 38.8 Å². The molecule has 434 valence electrons. The van der Waals surface area contributed by atoms with E-state index >= 15 is 0 Å². The molecule has 1 aromatic heterocycles. The molecule has 1 fully saturated rings. The molecule has 0 aliphatic carbocycles. The van der Waals surface area contributed by atoms with Crippen LogP contribution in [0.3, 0.4) is 0 Å². The van der Waals surface area contributed by atoms with E-state index in [9.17, 15) is 53.0 Å². The van der Waals surface area contributed by atoms with Crippen molar-refractivity contribution in [2.45, 2.75) is 181 Å². The van der Waals surface area contributed by atoms with Gasteiger partial charge in [0.1, 0.15) is 22.4 Å². The number of amides is 5. The number of likely N-dealkylation sites (N-methyl/N-ethyl adjacent to an activating group) is 2. The predicted molar refractivity (Wildman–Crippen MR) is 307 cm³/mol. The number of hydrogen-bond acceptors (Lipinski definition) is 15. The lowest BCUT2D eigenvalue weighted by atomic mass is 9.92. The fourth-order valence-corrected chi connectivity index (χ4v) is 12.1. The predicted octanol–water partition coefficient (Wildman–Crippen LogP) is 7.70. The molecular formula is C52H84IN8O13PS2. The zero-order valence-corrected chi connectivity index (χ0v) is 51.7. The van der Waals surface area contributed by atoms with E-state index in [1.165, 1.54) is 49.2 Å².